The minimum absolute atomic E-state index is 0.432. The second kappa shape index (κ2) is 4.70. The molecular weight excluding hydrogens is 316 g/mol. The van der Waals surface area contributed by atoms with Crippen molar-refractivity contribution in [2.45, 2.75) is 6.54 Å². The Morgan fingerprint density at radius 1 is 1.11 bits per heavy atom. The van der Waals surface area contributed by atoms with E-state index in [1.165, 1.54) is 0 Å². The van der Waals surface area contributed by atoms with Crippen molar-refractivity contribution in [1.82, 2.24) is 14.5 Å². The van der Waals surface area contributed by atoms with Crippen molar-refractivity contribution in [3.63, 3.8) is 0 Å². The van der Waals surface area contributed by atoms with E-state index in [1.54, 1.807) is 23.3 Å². The van der Waals surface area contributed by atoms with E-state index in [-0.39, 0.29) is 0 Å². The maximum absolute atomic E-state index is 13.3. The topological polar surface area (TPSA) is 30.7 Å². The van der Waals surface area contributed by atoms with E-state index < -0.39 is 11.6 Å². The quantitative estimate of drug-likeness (QED) is 0.722. The monoisotopic (exact) mass is 323 g/mol. The maximum atomic E-state index is 13.3. The molecule has 0 atom stereocenters. The number of aromatic nitrogens is 3. The summed E-state index contributed by atoms with van der Waals surface area (Å²) in [6, 6.07) is 4.17. The van der Waals surface area contributed by atoms with E-state index >= 15 is 0 Å². The van der Waals surface area contributed by atoms with Gasteiger partial charge in [-0.1, -0.05) is 0 Å². The molecule has 96 valence electrons. The van der Waals surface area contributed by atoms with E-state index in [0.29, 0.717) is 17.6 Å². The summed E-state index contributed by atoms with van der Waals surface area (Å²) in [6.45, 7) is 0.494. The molecule has 0 N–H and O–H groups in total. The van der Waals surface area contributed by atoms with Crippen LogP contribution >= 0.6 is 15.9 Å². The first-order valence-corrected chi connectivity index (χ1v) is 6.32. The predicted octanol–water partition coefficient (Wildman–Crippen LogP) is 3.52. The Kier molecular flexibility index (Phi) is 3.02. The summed E-state index contributed by atoms with van der Waals surface area (Å²) in [6.07, 6.45) is 4.96. The third-order valence-corrected chi connectivity index (χ3v) is 3.21. The zero-order chi connectivity index (χ0) is 13.4. The van der Waals surface area contributed by atoms with Crippen LogP contribution in [0.4, 0.5) is 8.78 Å². The molecule has 3 rings (SSSR count). The molecule has 0 saturated carbocycles. The van der Waals surface area contributed by atoms with Gasteiger partial charge in [0.05, 0.1) is 23.9 Å². The Balaban J connectivity index is 2.04. The van der Waals surface area contributed by atoms with Crippen molar-refractivity contribution in [3.05, 3.63) is 58.6 Å². The summed E-state index contributed by atoms with van der Waals surface area (Å²) in [5.74, 6) is -1.76. The van der Waals surface area contributed by atoms with Crippen LogP contribution in [0.15, 0.2) is 41.4 Å². The van der Waals surface area contributed by atoms with Crippen LogP contribution in [0.5, 0.6) is 0 Å². The van der Waals surface area contributed by atoms with Crippen LogP contribution in [0.3, 0.4) is 0 Å². The lowest BCUT2D eigenvalue weighted by Crippen LogP contribution is -1.99. The van der Waals surface area contributed by atoms with E-state index in [1.807, 2.05) is 6.07 Å². The Morgan fingerprint density at radius 3 is 2.68 bits per heavy atom. The largest absolute Gasteiger partial charge is 0.326 e. The van der Waals surface area contributed by atoms with Gasteiger partial charge < -0.3 is 4.57 Å². The highest BCUT2D eigenvalue weighted by atomic mass is 79.9. The van der Waals surface area contributed by atoms with Crippen molar-refractivity contribution in [2.75, 3.05) is 0 Å². The van der Waals surface area contributed by atoms with Crippen molar-refractivity contribution in [1.29, 1.82) is 0 Å². The fourth-order valence-corrected chi connectivity index (χ4v) is 2.33. The van der Waals surface area contributed by atoms with Gasteiger partial charge in [-0.3, -0.25) is 4.98 Å². The number of hydrogen-bond acceptors (Lipinski definition) is 2. The van der Waals surface area contributed by atoms with Crippen LogP contribution in [0.25, 0.3) is 11.0 Å². The molecule has 3 aromatic rings. The molecule has 0 fully saturated rings. The van der Waals surface area contributed by atoms with Gasteiger partial charge in [0.15, 0.2) is 11.6 Å². The third kappa shape index (κ3) is 2.35. The molecule has 0 spiro atoms. The minimum atomic E-state index is -0.887. The molecule has 1 aromatic carbocycles. The number of pyridine rings is 1. The average molecular weight is 324 g/mol. The number of nitrogens with zero attached hydrogens (tertiary/aromatic N) is 3. The summed E-state index contributed by atoms with van der Waals surface area (Å²) in [4.78, 5) is 8.13. The molecule has 0 aliphatic carbocycles. The molecule has 0 bridgehead atoms. The van der Waals surface area contributed by atoms with E-state index in [4.69, 9.17) is 0 Å². The summed E-state index contributed by atoms with van der Waals surface area (Å²) in [5.41, 5.74) is 1.93. The first kappa shape index (κ1) is 12.2. The van der Waals surface area contributed by atoms with Gasteiger partial charge in [-0.2, -0.15) is 0 Å². The first-order chi connectivity index (χ1) is 9.13. The predicted molar refractivity (Wildman–Crippen MR) is 70.7 cm³/mol. The number of imidazole rings is 1. The highest BCUT2D eigenvalue weighted by molar-refractivity contribution is 9.10. The lowest BCUT2D eigenvalue weighted by atomic mass is 10.2. The second-order valence-electron chi connectivity index (χ2n) is 4.14. The van der Waals surface area contributed by atoms with Crippen molar-refractivity contribution in [2.24, 2.45) is 0 Å². The third-order valence-electron chi connectivity index (χ3n) is 2.78. The zero-order valence-electron chi connectivity index (χ0n) is 9.65. The normalized spacial score (nSPS) is 11.1. The molecule has 2 aromatic heterocycles. The Hall–Kier alpha value is -1.82. The molecule has 0 aliphatic heterocycles. The van der Waals surface area contributed by atoms with Crippen LogP contribution in [-0.2, 0) is 6.54 Å². The second-order valence-corrected chi connectivity index (χ2v) is 5.05. The highest BCUT2D eigenvalue weighted by Crippen LogP contribution is 2.19. The molecule has 2 heterocycles. The standard InChI is InChI=1S/C13H8BrF2N3/c14-9-1-8(4-17-5-9)6-19-7-18-12-2-10(15)11(16)3-13(12)19/h1-5,7H,6H2. The van der Waals surface area contributed by atoms with Gasteiger partial charge in [-0.25, -0.2) is 13.8 Å². The van der Waals surface area contributed by atoms with Gasteiger partial charge in [0.25, 0.3) is 0 Å². The average Bonchev–Trinajstić information content (AvgIpc) is 2.73. The summed E-state index contributed by atoms with van der Waals surface area (Å²) in [7, 11) is 0. The van der Waals surface area contributed by atoms with E-state index in [2.05, 4.69) is 25.9 Å². The fourth-order valence-electron chi connectivity index (χ4n) is 1.92. The molecule has 0 radical (unpaired) electrons. The lowest BCUT2D eigenvalue weighted by Gasteiger charge is -2.05. The molecule has 0 unspecified atom stereocenters. The van der Waals surface area contributed by atoms with Crippen LogP contribution in [-0.4, -0.2) is 14.5 Å². The van der Waals surface area contributed by atoms with Gasteiger partial charge in [0, 0.05) is 29.0 Å². The zero-order valence-corrected chi connectivity index (χ0v) is 11.2. The summed E-state index contributed by atoms with van der Waals surface area (Å²) >= 11 is 3.34. The first-order valence-electron chi connectivity index (χ1n) is 5.53. The summed E-state index contributed by atoms with van der Waals surface area (Å²) in [5, 5.41) is 0. The Morgan fingerprint density at radius 2 is 1.89 bits per heavy atom. The molecular formula is C13H8BrF2N3. The molecule has 6 heteroatoms. The van der Waals surface area contributed by atoms with Crippen molar-refractivity contribution < 1.29 is 8.78 Å². The van der Waals surface area contributed by atoms with Crippen LogP contribution in [0, 0.1) is 11.6 Å². The highest BCUT2D eigenvalue weighted by Gasteiger charge is 2.09. The van der Waals surface area contributed by atoms with Gasteiger partial charge in [-0.15, -0.1) is 0 Å². The number of fused-ring (bicyclic) bond motifs is 1. The smallest absolute Gasteiger partial charge is 0.161 e. The van der Waals surface area contributed by atoms with Crippen molar-refractivity contribution in [3.8, 4) is 0 Å². The van der Waals surface area contributed by atoms with Crippen molar-refractivity contribution >= 4 is 27.0 Å². The molecule has 0 aliphatic rings. The molecule has 0 saturated heterocycles. The van der Waals surface area contributed by atoms with Crippen LogP contribution in [0.1, 0.15) is 5.56 Å². The Labute approximate surface area is 116 Å². The van der Waals surface area contributed by atoms with Gasteiger partial charge in [0.2, 0.25) is 0 Å². The number of halogens is 3. The molecule has 19 heavy (non-hydrogen) atoms. The summed E-state index contributed by atoms with van der Waals surface area (Å²) < 4.78 is 29.0. The van der Waals surface area contributed by atoms with E-state index in [0.717, 1.165) is 22.2 Å². The fraction of sp³-hybridized carbons (Fsp3) is 0.0769. The van der Waals surface area contributed by atoms with E-state index in [9.17, 15) is 8.78 Å². The molecule has 0 amide bonds. The number of rotatable bonds is 2. The van der Waals surface area contributed by atoms with Gasteiger partial charge in [-0.05, 0) is 27.6 Å². The lowest BCUT2D eigenvalue weighted by molar-refractivity contribution is 0.510. The minimum Gasteiger partial charge on any atom is -0.326 e. The maximum Gasteiger partial charge on any atom is 0.161 e. The van der Waals surface area contributed by atoms with Gasteiger partial charge in [0.1, 0.15) is 0 Å². The van der Waals surface area contributed by atoms with Crippen LogP contribution in [0.2, 0.25) is 0 Å². The van der Waals surface area contributed by atoms with Crippen LogP contribution < -0.4 is 0 Å². The van der Waals surface area contributed by atoms with Gasteiger partial charge >= 0.3 is 0 Å². The Bertz CT molecular complexity index is 755. The number of hydrogen-bond donors (Lipinski definition) is 0. The number of benzene rings is 1. The SMILES string of the molecule is Fc1cc2ncn(Cc3cncc(Br)c3)c2cc1F. The molecule has 3 nitrogen and oxygen atoms in total.